The molecule has 0 saturated heterocycles. The van der Waals surface area contributed by atoms with Gasteiger partial charge in [0.2, 0.25) is 0 Å². The highest BCUT2D eigenvalue weighted by molar-refractivity contribution is 6.01. The number of benzene rings is 3. The van der Waals surface area contributed by atoms with E-state index in [9.17, 15) is 19.8 Å². The predicted octanol–water partition coefficient (Wildman–Crippen LogP) is 7.17. The molecule has 2 unspecified atom stereocenters. The van der Waals surface area contributed by atoms with Crippen molar-refractivity contribution in [3.05, 3.63) is 95.6 Å². The molecular weight excluding hydrogens is 697 g/mol. The second kappa shape index (κ2) is 21.0. The summed E-state index contributed by atoms with van der Waals surface area (Å²) in [4.78, 5) is 26.7. The Morgan fingerprint density at radius 3 is 1.45 bits per heavy atom. The maximum absolute atomic E-state index is 13.4. The van der Waals surface area contributed by atoms with Gasteiger partial charge < -0.3 is 40.6 Å². The van der Waals surface area contributed by atoms with Crippen molar-refractivity contribution >= 4 is 35.1 Å². The van der Waals surface area contributed by atoms with Crippen LogP contribution in [0, 0.1) is 11.8 Å². The molecular formula is C45H58N2O8. The van der Waals surface area contributed by atoms with E-state index in [0.29, 0.717) is 54.1 Å². The molecule has 0 aromatic heterocycles. The minimum atomic E-state index is -1.78. The van der Waals surface area contributed by atoms with E-state index >= 15 is 0 Å². The number of ether oxygens (including phenoxy) is 4. The Hall–Kier alpha value is -4.48. The van der Waals surface area contributed by atoms with Crippen molar-refractivity contribution in [3.8, 4) is 11.5 Å². The summed E-state index contributed by atoms with van der Waals surface area (Å²) in [6.07, 6.45) is 11.3. The quantitative estimate of drug-likeness (QED) is 0.0729. The number of hydrogen-bond acceptors (Lipinski definition) is 10. The highest BCUT2D eigenvalue weighted by atomic mass is 16.5. The highest BCUT2D eigenvalue weighted by Gasteiger charge is 2.36. The van der Waals surface area contributed by atoms with Crippen LogP contribution >= 0.6 is 0 Å². The topological polar surface area (TPSA) is 164 Å². The molecule has 10 heteroatoms. The molecule has 0 heterocycles. The number of carbonyl (C=O) groups excluding carboxylic acids is 2. The van der Waals surface area contributed by atoms with E-state index in [-0.39, 0.29) is 11.3 Å². The van der Waals surface area contributed by atoms with Crippen LogP contribution in [0.5, 0.6) is 11.5 Å². The Kier molecular flexibility index (Phi) is 15.9. The van der Waals surface area contributed by atoms with Gasteiger partial charge in [0, 0.05) is 24.6 Å². The van der Waals surface area contributed by atoms with Crippen molar-refractivity contribution in [1.29, 1.82) is 0 Å². The molecule has 3 aromatic carbocycles. The van der Waals surface area contributed by atoms with Gasteiger partial charge in [-0.3, -0.25) is 9.59 Å². The molecule has 2 aliphatic carbocycles. The third-order valence-electron chi connectivity index (χ3n) is 10.7. The van der Waals surface area contributed by atoms with Crippen LogP contribution in [0.3, 0.4) is 0 Å². The first-order valence-corrected chi connectivity index (χ1v) is 19.8. The van der Waals surface area contributed by atoms with Gasteiger partial charge in [0.1, 0.15) is 23.7 Å². The van der Waals surface area contributed by atoms with E-state index in [1.165, 1.54) is 24.3 Å². The van der Waals surface area contributed by atoms with Crippen LogP contribution in [0.4, 0.5) is 11.4 Å². The van der Waals surface area contributed by atoms with Gasteiger partial charge in [-0.2, -0.15) is 0 Å². The minimum absolute atomic E-state index is 0.146. The Balaban J connectivity index is 1.17. The number of aliphatic hydroxyl groups is 2. The lowest BCUT2D eigenvalue weighted by molar-refractivity contribution is -0.130. The zero-order valence-electron chi connectivity index (χ0n) is 32.2. The average Bonchev–Trinajstić information content (AvgIpc) is 3.20. The van der Waals surface area contributed by atoms with Gasteiger partial charge >= 0.3 is 0 Å². The van der Waals surface area contributed by atoms with E-state index in [1.807, 2.05) is 62.4 Å². The Bertz CT molecular complexity index is 1610. The van der Waals surface area contributed by atoms with E-state index in [1.54, 1.807) is 18.2 Å². The first kappa shape index (κ1) is 41.7. The smallest absolute Gasteiger partial charge is 0.184 e. The number of anilines is 2. The molecule has 55 heavy (non-hydrogen) atoms. The molecule has 2 fully saturated rings. The third kappa shape index (κ3) is 12.5. The van der Waals surface area contributed by atoms with E-state index in [0.717, 1.165) is 76.1 Å². The van der Waals surface area contributed by atoms with Crippen LogP contribution < -0.4 is 20.9 Å². The molecule has 3 aromatic rings. The number of hydrogen-bond donors (Lipinski definition) is 4. The third-order valence-corrected chi connectivity index (χ3v) is 10.7. The number of rotatable bonds is 19. The van der Waals surface area contributed by atoms with Gasteiger partial charge in [-0.15, -0.1) is 0 Å². The van der Waals surface area contributed by atoms with Crippen molar-refractivity contribution in [1.82, 2.24) is 0 Å². The molecule has 6 N–H and O–H groups in total. The summed E-state index contributed by atoms with van der Waals surface area (Å²) >= 11 is 0. The average molecular weight is 755 g/mol. The molecule has 10 nitrogen and oxygen atoms in total. The van der Waals surface area contributed by atoms with Crippen LogP contribution in [0.25, 0.3) is 12.2 Å². The molecule has 0 bridgehead atoms. The van der Waals surface area contributed by atoms with Gasteiger partial charge in [-0.05, 0) is 142 Å². The number of nitrogens with two attached hydrogens (primary N) is 2. The second-order valence-electron chi connectivity index (χ2n) is 14.7. The normalized spacial score (nSPS) is 22.0. The van der Waals surface area contributed by atoms with E-state index in [4.69, 9.17) is 30.4 Å². The molecule has 0 radical (unpaired) electrons. The Labute approximate surface area is 325 Å². The zero-order chi connectivity index (χ0) is 39.2. The number of carbonyl (C=O) groups is 2. The second-order valence-corrected chi connectivity index (χ2v) is 14.7. The summed E-state index contributed by atoms with van der Waals surface area (Å²) in [5, 5.41) is 22.7. The van der Waals surface area contributed by atoms with Crippen LogP contribution in [-0.4, -0.2) is 72.6 Å². The summed E-state index contributed by atoms with van der Waals surface area (Å²) in [6.45, 7) is 6.84. The van der Waals surface area contributed by atoms with E-state index < -0.39 is 29.7 Å². The fourth-order valence-corrected chi connectivity index (χ4v) is 7.50. The first-order valence-electron chi connectivity index (χ1n) is 19.8. The Morgan fingerprint density at radius 1 is 0.655 bits per heavy atom. The molecule has 0 amide bonds. The van der Waals surface area contributed by atoms with E-state index in [2.05, 4.69) is 0 Å². The first-order chi connectivity index (χ1) is 26.6. The molecule has 0 spiro atoms. The highest BCUT2D eigenvalue weighted by Crippen LogP contribution is 2.33. The van der Waals surface area contributed by atoms with Crippen molar-refractivity contribution in [2.45, 2.75) is 95.5 Å². The maximum atomic E-state index is 13.4. The van der Waals surface area contributed by atoms with Gasteiger partial charge in [0.15, 0.2) is 11.6 Å². The van der Waals surface area contributed by atoms with Crippen LogP contribution in [-0.2, 0) is 19.1 Å². The number of aliphatic hydroxyl groups excluding tert-OH is 2. The van der Waals surface area contributed by atoms with Gasteiger partial charge in [0.05, 0.1) is 31.3 Å². The zero-order valence-corrected chi connectivity index (χ0v) is 32.2. The predicted molar refractivity (Wildman–Crippen MR) is 217 cm³/mol. The molecule has 2 aliphatic rings. The summed E-state index contributed by atoms with van der Waals surface area (Å²) < 4.78 is 23.6. The SMILES string of the molecule is CCOC1CCC(COc2ccc(/C=C/C(=O)C(O)C(c3ccc(N)cc3N)C(O)C(=O)/C=C/c3ccc(OCC4CCC(OCC)CC4)cc3)cc2)CC1. The van der Waals surface area contributed by atoms with Crippen molar-refractivity contribution < 1.29 is 38.7 Å². The van der Waals surface area contributed by atoms with Crippen LogP contribution in [0.1, 0.15) is 87.8 Å². The minimum Gasteiger partial charge on any atom is -0.493 e. The fourth-order valence-electron chi connectivity index (χ4n) is 7.50. The summed E-state index contributed by atoms with van der Waals surface area (Å²) in [5.41, 5.74) is 14.3. The monoisotopic (exact) mass is 754 g/mol. The van der Waals surface area contributed by atoms with Gasteiger partial charge in [-0.25, -0.2) is 0 Å². The summed E-state index contributed by atoms with van der Waals surface area (Å²) in [7, 11) is 0. The lowest BCUT2D eigenvalue weighted by Crippen LogP contribution is -2.39. The van der Waals surface area contributed by atoms with Crippen molar-refractivity contribution in [3.63, 3.8) is 0 Å². The molecule has 0 aliphatic heterocycles. The summed E-state index contributed by atoms with van der Waals surface area (Å²) in [6, 6.07) is 19.2. The molecule has 296 valence electrons. The largest absolute Gasteiger partial charge is 0.493 e. The Morgan fingerprint density at radius 2 is 1.07 bits per heavy atom. The number of nitrogen functional groups attached to an aromatic ring is 2. The maximum Gasteiger partial charge on any atom is 0.184 e. The van der Waals surface area contributed by atoms with Crippen molar-refractivity contribution in [2.24, 2.45) is 11.8 Å². The lowest BCUT2D eigenvalue weighted by Gasteiger charge is -2.28. The van der Waals surface area contributed by atoms with Gasteiger partial charge in [0.25, 0.3) is 0 Å². The van der Waals surface area contributed by atoms with Crippen molar-refractivity contribution in [2.75, 3.05) is 37.9 Å². The molecule has 2 saturated carbocycles. The van der Waals surface area contributed by atoms with Crippen LogP contribution in [0.15, 0.2) is 78.9 Å². The molecule has 5 rings (SSSR count). The van der Waals surface area contributed by atoms with Crippen LogP contribution in [0.2, 0.25) is 0 Å². The fraction of sp³-hybridized carbons (Fsp3) is 0.467. The lowest BCUT2D eigenvalue weighted by atomic mass is 9.83. The standard InChI is InChI=1S/C45H58N2O8/c1-3-52-35-20-9-32(10-21-35)28-54-37-16-5-30(6-17-37)13-25-41(48)44(50)43(39-24-15-34(46)27-40(39)47)45(51)42(49)26-14-31-7-18-38(19-8-31)55-29-33-11-22-36(23-12-33)53-4-2/h5-8,13-19,24-27,32-33,35-36,43-45,50-51H,3-4,9-12,20-23,28-29,46-47H2,1-2H3/b25-13+,26-14+. The summed E-state index contributed by atoms with van der Waals surface area (Å²) in [5.74, 6) is -0.285. The number of ketones is 2. The van der Waals surface area contributed by atoms with Gasteiger partial charge in [-0.1, -0.05) is 42.5 Å². The molecule has 2 atom stereocenters.